The number of hydrogen-bond donors (Lipinski definition) is 1. The summed E-state index contributed by atoms with van der Waals surface area (Å²) in [5.41, 5.74) is 8.19. The van der Waals surface area contributed by atoms with Gasteiger partial charge in [-0.1, -0.05) is 0 Å². The topological polar surface area (TPSA) is 70.3 Å². The number of nitrogens with zero attached hydrogens (tertiary/aromatic N) is 2. The van der Waals surface area contributed by atoms with E-state index in [-0.39, 0.29) is 12.7 Å². The smallest absolute Gasteiger partial charge is 0.231 e. The quantitative estimate of drug-likeness (QED) is 0.806. The molecule has 2 heterocycles. The molecule has 5 nitrogen and oxygen atoms in total. The molecular formula is C12H11N3O2. The second-order valence-corrected chi connectivity index (χ2v) is 3.82. The van der Waals surface area contributed by atoms with Crippen molar-refractivity contribution in [3.8, 4) is 22.8 Å². The molecule has 86 valence electrons. The summed E-state index contributed by atoms with van der Waals surface area (Å²) in [5, 5.41) is 0. The maximum atomic E-state index is 5.63. The standard InChI is InChI=1S/C12H11N3O2/c1-7-4-9(15-12(13)14-7)8-2-3-10-11(5-8)17-6-16-10/h2-5H,6H2,1H3,(H2,13,14,15). The molecule has 0 amide bonds. The van der Waals surface area contributed by atoms with Gasteiger partial charge in [0.25, 0.3) is 0 Å². The fourth-order valence-electron chi connectivity index (χ4n) is 1.80. The molecule has 1 aromatic heterocycles. The summed E-state index contributed by atoms with van der Waals surface area (Å²) < 4.78 is 10.6. The van der Waals surface area contributed by atoms with Crippen LogP contribution in [0.5, 0.6) is 11.5 Å². The van der Waals surface area contributed by atoms with Crippen LogP contribution in [0.25, 0.3) is 11.3 Å². The Balaban J connectivity index is 2.09. The van der Waals surface area contributed by atoms with Crippen LogP contribution in [-0.4, -0.2) is 16.8 Å². The number of rotatable bonds is 1. The Hall–Kier alpha value is -2.30. The van der Waals surface area contributed by atoms with Crippen molar-refractivity contribution < 1.29 is 9.47 Å². The Kier molecular flexibility index (Phi) is 2.11. The largest absolute Gasteiger partial charge is 0.454 e. The molecule has 0 radical (unpaired) electrons. The highest BCUT2D eigenvalue weighted by molar-refractivity contribution is 5.65. The van der Waals surface area contributed by atoms with Crippen LogP contribution in [0.4, 0.5) is 5.95 Å². The van der Waals surface area contributed by atoms with Gasteiger partial charge in [0.1, 0.15) is 0 Å². The summed E-state index contributed by atoms with van der Waals surface area (Å²) in [6, 6.07) is 7.57. The van der Waals surface area contributed by atoms with Crippen LogP contribution < -0.4 is 15.2 Å². The summed E-state index contributed by atoms with van der Waals surface area (Å²) >= 11 is 0. The van der Waals surface area contributed by atoms with Crippen molar-refractivity contribution in [3.63, 3.8) is 0 Å². The van der Waals surface area contributed by atoms with E-state index in [0.29, 0.717) is 0 Å². The van der Waals surface area contributed by atoms with E-state index in [2.05, 4.69) is 9.97 Å². The number of anilines is 1. The van der Waals surface area contributed by atoms with Gasteiger partial charge >= 0.3 is 0 Å². The van der Waals surface area contributed by atoms with Gasteiger partial charge in [0.05, 0.1) is 5.69 Å². The van der Waals surface area contributed by atoms with E-state index in [1.165, 1.54) is 0 Å². The summed E-state index contributed by atoms with van der Waals surface area (Å²) in [7, 11) is 0. The molecule has 1 aromatic carbocycles. The van der Waals surface area contributed by atoms with Crippen LogP contribution in [0.1, 0.15) is 5.69 Å². The van der Waals surface area contributed by atoms with Crippen LogP contribution in [0.2, 0.25) is 0 Å². The molecule has 2 aromatic rings. The highest BCUT2D eigenvalue weighted by Crippen LogP contribution is 2.35. The van der Waals surface area contributed by atoms with Crippen molar-refractivity contribution in [1.29, 1.82) is 0 Å². The summed E-state index contributed by atoms with van der Waals surface area (Å²) in [4.78, 5) is 8.24. The summed E-state index contributed by atoms with van der Waals surface area (Å²) in [6.45, 7) is 2.15. The zero-order valence-corrected chi connectivity index (χ0v) is 9.30. The second kappa shape index (κ2) is 3.62. The van der Waals surface area contributed by atoms with Gasteiger partial charge in [-0.05, 0) is 31.2 Å². The zero-order valence-electron chi connectivity index (χ0n) is 9.30. The third kappa shape index (κ3) is 1.75. The lowest BCUT2D eigenvalue weighted by molar-refractivity contribution is 0.174. The van der Waals surface area contributed by atoms with Gasteiger partial charge < -0.3 is 15.2 Å². The minimum absolute atomic E-state index is 0.268. The van der Waals surface area contributed by atoms with Crippen molar-refractivity contribution in [3.05, 3.63) is 30.0 Å². The number of aromatic nitrogens is 2. The first-order valence-corrected chi connectivity index (χ1v) is 5.23. The van der Waals surface area contributed by atoms with Gasteiger partial charge in [0.15, 0.2) is 11.5 Å². The van der Waals surface area contributed by atoms with Gasteiger partial charge in [-0.3, -0.25) is 0 Å². The molecular weight excluding hydrogens is 218 g/mol. The molecule has 1 aliphatic rings. The fraction of sp³-hybridized carbons (Fsp3) is 0.167. The van der Waals surface area contributed by atoms with E-state index < -0.39 is 0 Å². The predicted molar refractivity (Wildman–Crippen MR) is 62.7 cm³/mol. The molecule has 0 aliphatic carbocycles. The monoisotopic (exact) mass is 229 g/mol. The highest BCUT2D eigenvalue weighted by atomic mass is 16.7. The van der Waals surface area contributed by atoms with Gasteiger partial charge in [-0.25, -0.2) is 9.97 Å². The average Bonchev–Trinajstić information content (AvgIpc) is 2.74. The Morgan fingerprint density at radius 2 is 1.94 bits per heavy atom. The van der Waals surface area contributed by atoms with Gasteiger partial charge in [-0.2, -0.15) is 0 Å². The third-order valence-corrected chi connectivity index (χ3v) is 2.54. The predicted octanol–water partition coefficient (Wildman–Crippen LogP) is 1.76. The molecule has 1 aliphatic heterocycles. The molecule has 5 heteroatoms. The first-order chi connectivity index (χ1) is 8.22. The number of nitrogen functional groups attached to an aromatic ring is 1. The summed E-state index contributed by atoms with van der Waals surface area (Å²) in [5.74, 6) is 1.77. The molecule has 3 rings (SSSR count). The molecule has 0 fully saturated rings. The lowest BCUT2D eigenvalue weighted by atomic mass is 10.1. The second-order valence-electron chi connectivity index (χ2n) is 3.82. The molecule has 0 spiro atoms. The summed E-state index contributed by atoms with van der Waals surface area (Å²) in [6.07, 6.45) is 0. The van der Waals surface area contributed by atoms with Crippen molar-refractivity contribution in [1.82, 2.24) is 9.97 Å². The van der Waals surface area contributed by atoms with Crippen LogP contribution in [-0.2, 0) is 0 Å². The highest BCUT2D eigenvalue weighted by Gasteiger charge is 2.14. The lowest BCUT2D eigenvalue weighted by Gasteiger charge is -2.04. The normalized spacial score (nSPS) is 12.8. The zero-order chi connectivity index (χ0) is 11.8. The van der Waals surface area contributed by atoms with Crippen molar-refractivity contribution in [2.24, 2.45) is 0 Å². The van der Waals surface area contributed by atoms with E-state index in [4.69, 9.17) is 15.2 Å². The Morgan fingerprint density at radius 3 is 2.76 bits per heavy atom. The number of fused-ring (bicyclic) bond motifs is 1. The fourth-order valence-corrected chi connectivity index (χ4v) is 1.80. The SMILES string of the molecule is Cc1cc(-c2ccc3c(c2)OCO3)nc(N)n1. The average molecular weight is 229 g/mol. The maximum Gasteiger partial charge on any atom is 0.231 e. The molecule has 0 saturated carbocycles. The van der Waals surface area contributed by atoms with Crippen LogP contribution in [0, 0.1) is 6.92 Å². The lowest BCUT2D eigenvalue weighted by Crippen LogP contribution is -1.98. The molecule has 0 unspecified atom stereocenters. The Labute approximate surface area is 98.2 Å². The third-order valence-electron chi connectivity index (χ3n) is 2.54. The number of aryl methyl sites for hydroxylation is 1. The Morgan fingerprint density at radius 1 is 1.12 bits per heavy atom. The molecule has 0 saturated heterocycles. The van der Waals surface area contributed by atoms with E-state index in [1.54, 1.807) is 0 Å². The van der Waals surface area contributed by atoms with Gasteiger partial charge in [0, 0.05) is 11.3 Å². The first kappa shape index (κ1) is 9.89. The van der Waals surface area contributed by atoms with E-state index >= 15 is 0 Å². The van der Waals surface area contributed by atoms with Crippen LogP contribution in [0.3, 0.4) is 0 Å². The maximum absolute atomic E-state index is 5.63. The van der Waals surface area contributed by atoms with E-state index in [1.807, 2.05) is 31.2 Å². The van der Waals surface area contributed by atoms with Crippen LogP contribution in [0.15, 0.2) is 24.3 Å². The van der Waals surface area contributed by atoms with Gasteiger partial charge in [-0.15, -0.1) is 0 Å². The number of ether oxygens (including phenoxy) is 2. The first-order valence-electron chi connectivity index (χ1n) is 5.23. The molecule has 2 N–H and O–H groups in total. The van der Waals surface area contributed by atoms with Crippen LogP contribution >= 0.6 is 0 Å². The number of benzene rings is 1. The van der Waals surface area contributed by atoms with Crippen molar-refractivity contribution in [2.75, 3.05) is 12.5 Å². The van der Waals surface area contributed by atoms with Gasteiger partial charge in [0.2, 0.25) is 12.7 Å². The molecule has 17 heavy (non-hydrogen) atoms. The number of nitrogens with two attached hydrogens (primary N) is 1. The van der Waals surface area contributed by atoms with Crippen molar-refractivity contribution >= 4 is 5.95 Å². The van der Waals surface area contributed by atoms with Crippen molar-refractivity contribution in [2.45, 2.75) is 6.92 Å². The van der Waals surface area contributed by atoms with E-state index in [0.717, 1.165) is 28.5 Å². The Bertz CT molecular complexity index is 564. The molecule has 0 bridgehead atoms. The molecule has 0 atom stereocenters. The number of hydrogen-bond acceptors (Lipinski definition) is 5. The minimum Gasteiger partial charge on any atom is -0.454 e. The van der Waals surface area contributed by atoms with E-state index in [9.17, 15) is 0 Å². The minimum atomic E-state index is 0.268.